The van der Waals surface area contributed by atoms with E-state index in [1.165, 1.54) is 49.7 Å². The van der Waals surface area contributed by atoms with Gasteiger partial charge in [-0.15, -0.1) is 0 Å². The van der Waals surface area contributed by atoms with Crippen molar-refractivity contribution in [2.24, 2.45) is 11.8 Å². The first-order valence-electron chi connectivity index (χ1n) is 8.48. The highest BCUT2D eigenvalue weighted by Crippen LogP contribution is 2.32. The first kappa shape index (κ1) is 15.6. The van der Waals surface area contributed by atoms with Crippen LogP contribution in [0.15, 0.2) is 24.3 Å². The quantitative estimate of drug-likeness (QED) is 0.790. The summed E-state index contributed by atoms with van der Waals surface area (Å²) in [6.07, 6.45) is 8.21. The number of rotatable bonds is 6. The van der Waals surface area contributed by atoms with Gasteiger partial charge < -0.3 is 5.32 Å². The van der Waals surface area contributed by atoms with Gasteiger partial charge in [-0.05, 0) is 62.1 Å². The highest BCUT2D eigenvalue weighted by Gasteiger charge is 2.25. The van der Waals surface area contributed by atoms with Crippen LogP contribution in [0, 0.1) is 18.8 Å². The van der Waals surface area contributed by atoms with E-state index in [1.54, 1.807) is 0 Å². The predicted octanol–water partition coefficient (Wildman–Crippen LogP) is 4.73. The second-order valence-corrected chi connectivity index (χ2v) is 6.65. The molecule has 1 atom stereocenters. The van der Waals surface area contributed by atoms with E-state index in [1.807, 2.05) is 0 Å². The van der Waals surface area contributed by atoms with E-state index in [4.69, 9.17) is 0 Å². The van der Waals surface area contributed by atoms with E-state index >= 15 is 0 Å². The molecule has 112 valence electrons. The first-order chi connectivity index (χ1) is 9.70. The van der Waals surface area contributed by atoms with Gasteiger partial charge in [0.25, 0.3) is 0 Å². The van der Waals surface area contributed by atoms with Crippen molar-refractivity contribution in [1.29, 1.82) is 0 Å². The molecule has 20 heavy (non-hydrogen) atoms. The van der Waals surface area contributed by atoms with Gasteiger partial charge in [-0.3, -0.25) is 0 Å². The minimum Gasteiger partial charge on any atom is -0.314 e. The Hall–Kier alpha value is -0.820. The van der Waals surface area contributed by atoms with E-state index in [0.29, 0.717) is 6.04 Å². The topological polar surface area (TPSA) is 12.0 Å². The SMILES string of the molecule is CCNC(CCc1ccccc1C)C1CCC(C)CC1. The Kier molecular flexibility index (Phi) is 6.09. The molecular weight excluding hydrogens is 242 g/mol. The summed E-state index contributed by atoms with van der Waals surface area (Å²) >= 11 is 0. The van der Waals surface area contributed by atoms with Gasteiger partial charge in [-0.2, -0.15) is 0 Å². The van der Waals surface area contributed by atoms with E-state index in [2.05, 4.69) is 50.4 Å². The molecule has 1 saturated carbocycles. The zero-order chi connectivity index (χ0) is 14.4. The van der Waals surface area contributed by atoms with Crippen molar-refractivity contribution in [2.75, 3.05) is 6.54 Å². The lowest BCUT2D eigenvalue weighted by Gasteiger charge is -2.33. The van der Waals surface area contributed by atoms with Gasteiger partial charge in [0.15, 0.2) is 0 Å². The zero-order valence-electron chi connectivity index (χ0n) is 13.5. The molecule has 1 N–H and O–H groups in total. The van der Waals surface area contributed by atoms with Crippen LogP contribution in [-0.4, -0.2) is 12.6 Å². The Labute approximate surface area is 125 Å². The molecule has 0 spiro atoms. The van der Waals surface area contributed by atoms with Crippen molar-refractivity contribution >= 4 is 0 Å². The lowest BCUT2D eigenvalue weighted by molar-refractivity contribution is 0.224. The molecule has 0 heterocycles. The first-order valence-corrected chi connectivity index (χ1v) is 8.48. The molecular formula is C19H31N. The maximum atomic E-state index is 3.76. The van der Waals surface area contributed by atoms with Crippen molar-refractivity contribution in [3.8, 4) is 0 Å². The third-order valence-corrected chi connectivity index (χ3v) is 5.08. The normalized spacial score (nSPS) is 24.6. The van der Waals surface area contributed by atoms with Gasteiger partial charge in [0, 0.05) is 6.04 Å². The minimum absolute atomic E-state index is 0.715. The van der Waals surface area contributed by atoms with E-state index in [-0.39, 0.29) is 0 Å². The molecule has 0 aliphatic heterocycles. The van der Waals surface area contributed by atoms with Crippen LogP contribution in [0.5, 0.6) is 0 Å². The molecule has 0 saturated heterocycles. The van der Waals surface area contributed by atoms with E-state index in [9.17, 15) is 0 Å². The molecule has 0 amide bonds. The molecule has 1 aromatic carbocycles. The standard InChI is InChI=1S/C19H31N/c1-4-20-19(18-11-9-15(2)10-12-18)14-13-17-8-6-5-7-16(17)3/h5-8,15,18-20H,4,9-14H2,1-3H3. The molecule has 1 heteroatoms. The number of aryl methyl sites for hydroxylation is 2. The Morgan fingerprint density at radius 2 is 1.85 bits per heavy atom. The van der Waals surface area contributed by atoms with Crippen molar-refractivity contribution in [3.63, 3.8) is 0 Å². The molecule has 1 aliphatic carbocycles. The number of hydrogen-bond acceptors (Lipinski definition) is 1. The van der Waals surface area contributed by atoms with E-state index in [0.717, 1.165) is 18.4 Å². The third-order valence-electron chi connectivity index (χ3n) is 5.08. The fourth-order valence-corrected chi connectivity index (χ4v) is 3.66. The van der Waals surface area contributed by atoms with Crippen LogP contribution in [0.3, 0.4) is 0 Å². The van der Waals surface area contributed by atoms with Crippen molar-refractivity contribution in [2.45, 2.75) is 65.3 Å². The summed E-state index contributed by atoms with van der Waals surface area (Å²) in [5.74, 6) is 1.85. The molecule has 0 aromatic heterocycles. The highest BCUT2D eigenvalue weighted by atomic mass is 14.9. The lowest BCUT2D eigenvalue weighted by atomic mass is 9.77. The van der Waals surface area contributed by atoms with Crippen LogP contribution in [0.2, 0.25) is 0 Å². The highest BCUT2D eigenvalue weighted by molar-refractivity contribution is 5.25. The van der Waals surface area contributed by atoms with Crippen LogP contribution in [0.4, 0.5) is 0 Å². The Bertz CT molecular complexity index is 391. The average Bonchev–Trinajstić information content (AvgIpc) is 2.46. The lowest BCUT2D eigenvalue weighted by Crippen LogP contribution is -2.38. The second kappa shape index (κ2) is 7.83. The summed E-state index contributed by atoms with van der Waals surface area (Å²) < 4.78 is 0. The average molecular weight is 273 g/mol. The van der Waals surface area contributed by atoms with Crippen molar-refractivity contribution in [3.05, 3.63) is 35.4 Å². The summed E-state index contributed by atoms with van der Waals surface area (Å²) in [5, 5.41) is 3.76. The largest absolute Gasteiger partial charge is 0.314 e. The van der Waals surface area contributed by atoms with Crippen LogP contribution in [-0.2, 0) is 6.42 Å². The third kappa shape index (κ3) is 4.34. The molecule has 1 nitrogen and oxygen atoms in total. The number of benzene rings is 1. The summed E-state index contributed by atoms with van der Waals surface area (Å²) in [7, 11) is 0. The molecule has 1 fully saturated rings. The van der Waals surface area contributed by atoms with Gasteiger partial charge >= 0.3 is 0 Å². The predicted molar refractivity (Wildman–Crippen MR) is 88.1 cm³/mol. The van der Waals surface area contributed by atoms with Crippen LogP contribution in [0.1, 0.15) is 57.1 Å². The van der Waals surface area contributed by atoms with Crippen LogP contribution < -0.4 is 5.32 Å². The summed E-state index contributed by atoms with van der Waals surface area (Å²) in [6.45, 7) is 7.99. The Balaban J connectivity index is 1.90. The molecule has 0 bridgehead atoms. The van der Waals surface area contributed by atoms with Gasteiger partial charge in [0.2, 0.25) is 0 Å². The van der Waals surface area contributed by atoms with Crippen molar-refractivity contribution in [1.82, 2.24) is 5.32 Å². The summed E-state index contributed by atoms with van der Waals surface area (Å²) in [4.78, 5) is 0. The van der Waals surface area contributed by atoms with Gasteiger partial charge in [-0.1, -0.05) is 51.0 Å². The van der Waals surface area contributed by atoms with Crippen LogP contribution >= 0.6 is 0 Å². The molecule has 2 rings (SSSR count). The van der Waals surface area contributed by atoms with E-state index < -0.39 is 0 Å². The fourth-order valence-electron chi connectivity index (χ4n) is 3.66. The van der Waals surface area contributed by atoms with Gasteiger partial charge in [0.05, 0.1) is 0 Å². The maximum Gasteiger partial charge on any atom is 0.00983 e. The van der Waals surface area contributed by atoms with Gasteiger partial charge in [-0.25, -0.2) is 0 Å². The van der Waals surface area contributed by atoms with Crippen LogP contribution in [0.25, 0.3) is 0 Å². The second-order valence-electron chi connectivity index (χ2n) is 6.65. The molecule has 1 aromatic rings. The van der Waals surface area contributed by atoms with Gasteiger partial charge in [0.1, 0.15) is 0 Å². The molecule has 1 aliphatic rings. The Morgan fingerprint density at radius 1 is 1.15 bits per heavy atom. The zero-order valence-corrected chi connectivity index (χ0v) is 13.5. The summed E-state index contributed by atoms with van der Waals surface area (Å²) in [6, 6.07) is 9.56. The fraction of sp³-hybridized carbons (Fsp3) is 0.684. The molecule has 1 unspecified atom stereocenters. The number of hydrogen-bond donors (Lipinski definition) is 1. The maximum absolute atomic E-state index is 3.76. The van der Waals surface area contributed by atoms with Crippen molar-refractivity contribution < 1.29 is 0 Å². The molecule has 0 radical (unpaired) electrons. The number of nitrogens with one attached hydrogen (secondary N) is 1. The monoisotopic (exact) mass is 273 g/mol. The smallest absolute Gasteiger partial charge is 0.00983 e. The summed E-state index contributed by atoms with van der Waals surface area (Å²) in [5.41, 5.74) is 2.97. The Morgan fingerprint density at radius 3 is 2.50 bits per heavy atom. The minimum atomic E-state index is 0.715.